The van der Waals surface area contributed by atoms with Crippen molar-refractivity contribution in [1.29, 1.82) is 0 Å². The molecule has 0 aromatic carbocycles. The van der Waals surface area contributed by atoms with Crippen LogP contribution in [-0.2, 0) is 10.0 Å². The van der Waals surface area contributed by atoms with Gasteiger partial charge in [-0.05, 0) is 28.4 Å². The molecule has 7 heteroatoms. The lowest BCUT2D eigenvalue weighted by Gasteiger charge is -2.02. The van der Waals surface area contributed by atoms with Crippen LogP contribution in [0.1, 0.15) is 19.8 Å². The van der Waals surface area contributed by atoms with Crippen molar-refractivity contribution in [1.82, 2.24) is 4.72 Å². The zero-order valence-electron chi connectivity index (χ0n) is 8.09. The van der Waals surface area contributed by atoms with Gasteiger partial charge in [-0.1, -0.05) is 24.9 Å². The van der Waals surface area contributed by atoms with Gasteiger partial charge in [0.2, 0.25) is 10.0 Å². The van der Waals surface area contributed by atoms with E-state index in [-0.39, 0.29) is 4.21 Å². The van der Waals surface area contributed by atoms with Crippen molar-refractivity contribution in [3.05, 3.63) is 14.9 Å². The highest BCUT2D eigenvalue weighted by atomic mass is 79.9. The van der Waals surface area contributed by atoms with Crippen molar-refractivity contribution in [2.24, 2.45) is 0 Å². The van der Waals surface area contributed by atoms with Crippen LogP contribution < -0.4 is 4.72 Å². The summed E-state index contributed by atoms with van der Waals surface area (Å²) in [4.78, 5) is 0. The maximum Gasteiger partial charge on any atom is 0.250 e. The Kier molecular flexibility index (Phi) is 5.05. The molecule has 1 aromatic rings. The molecule has 1 N–H and O–H groups in total. The fourth-order valence-electron chi connectivity index (χ4n) is 0.914. The zero-order valence-corrected chi connectivity index (χ0v) is 12.1. The third-order valence-corrected chi connectivity index (χ3v) is 6.12. The molecule has 0 bridgehead atoms. The van der Waals surface area contributed by atoms with Crippen LogP contribution >= 0.6 is 38.9 Å². The summed E-state index contributed by atoms with van der Waals surface area (Å²) in [7, 11) is -3.38. The molecule has 0 fully saturated rings. The van der Waals surface area contributed by atoms with Crippen molar-refractivity contribution in [2.75, 3.05) is 6.54 Å². The summed E-state index contributed by atoms with van der Waals surface area (Å²) < 4.78 is 26.8. The number of unbranched alkanes of at least 4 members (excludes halogenated alkanes) is 1. The molecule has 0 spiro atoms. The van der Waals surface area contributed by atoms with Crippen LogP contribution in [-0.4, -0.2) is 15.0 Å². The first-order valence-corrected chi connectivity index (χ1v) is 7.89. The van der Waals surface area contributed by atoms with Crippen molar-refractivity contribution >= 4 is 48.9 Å². The summed E-state index contributed by atoms with van der Waals surface area (Å²) in [5, 5.41) is 0.427. The lowest BCUT2D eigenvalue weighted by Crippen LogP contribution is -2.23. The monoisotopic (exact) mass is 331 g/mol. The van der Waals surface area contributed by atoms with Crippen LogP contribution in [0, 0.1) is 0 Å². The Hall–Kier alpha value is 0.380. The molecule has 15 heavy (non-hydrogen) atoms. The topological polar surface area (TPSA) is 46.2 Å². The maximum absolute atomic E-state index is 11.7. The van der Waals surface area contributed by atoms with E-state index in [9.17, 15) is 8.42 Å². The van der Waals surface area contributed by atoms with Gasteiger partial charge in [-0.15, -0.1) is 11.3 Å². The Labute approximate surface area is 107 Å². The molecule has 0 aliphatic heterocycles. The van der Waals surface area contributed by atoms with Gasteiger partial charge in [-0.2, -0.15) is 0 Å². The minimum atomic E-state index is -3.38. The average Bonchev–Trinajstić information content (AvgIpc) is 2.48. The largest absolute Gasteiger partial charge is 0.250 e. The molecule has 0 radical (unpaired) electrons. The van der Waals surface area contributed by atoms with Crippen LogP contribution in [0.3, 0.4) is 0 Å². The van der Waals surface area contributed by atoms with Gasteiger partial charge in [0.05, 0.1) is 8.81 Å². The Morgan fingerprint density at radius 2 is 2.27 bits per heavy atom. The van der Waals surface area contributed by atoms with Gasteiger partial charge < -0.3 is 0 Å². The molecule has 1 aromatic heterocycles. The molecular weight excluding hydrogens is 322 g/mol. The lowest BCUT2D eigenvalue weighted by atomic mass is 10.3. The van der Waals surface area contributed by atoms with Crippen LogP contribution in [0.5, 0.6) is 0 Å². The second-order valence-electron chi connectivity index (χ2n) is 2.94. The summed E-state index contributed by atoms with van der Waals surface area (Å²) in [6, 6.07) is 1.45. The van der Waals surface area contributed by atoms with E-state index >= 15 is 0 Å². The fourth-order valence-corrected chi connectivity index (χ4v) is 4.43. The molecule has 0 atom stereocenters. The first-order valence-electron chi connectivity index (χ1n) is 4.42. The van der Waals surface area contributed by atoms with E-state index < -0.39 is 10.0 Å². The molecule has 1 rings (SSSR count). The van der Waals surface area contributed by atoms with Gasteiger partial charge in [0.15, 0.2) is 0 Å². The first kappa shape index (κ1) is 13.4. The molecule has 1 heterocycles. The molecule has 86 valence electrons. The number of sulfonamides is 1. The summed E-state index contributed by atoms with van der Waals surface area (Å²) in [6.45, 7) is 2.47. The minimum Gasteiger partial charge on any atom is -0.210 e. The Bertz CT molecular complexity index is 410. The maximum atomic E-state index is 11.7. The number of nitrogens with one attached hydrogen (secondary N) is 1. The molecular formula is C8H11BrClNO2S2. The van der Waals surface area contributed by atoms with Crippen LogP contribution in [0.2, 0.25) is 5.02 Å². The Morgan fingerprint density at radius 1 is 1.60 bits per heavy atom. The Morgan fingerprint density at radius 3 is 2.73 bits per heavy atom. The molecule has 0 unspecified atom stereocenters. The van der Waals surface area contributed by atoms with E-state index in [2.05, 4.69) is 20.7 Å². The number of thiophene rings is 1. The minimum absolute atomic E-state index is 0.246. The third-order valence-electron chi connectivity index (χ3n) is 1.71. The second-order valence-corrected chi connectivity index (χ2v) is 7.71. The standard InChI is InChI=1S/C8H11BrClNO2S2/c1-2-3-4-11-15(12,13)7-5-6(10)8(9)14-7/h5,11H,2-4H2,1H3. The first-order chi connectivity index (χ1) is 6.97. The zero-order chi connectivity index (χ0) is 11.5. The van der Waals surface area contributed by atoms with E-state index in [1.807, 2.05) is 6.92 Å². The summed E-state index contributed by atoms with van der Waals surface area (Å²) >= 11 is 10.1. The van der Waals surface area contributed by atoms with Crippen molar-refractivity contribution < 1.29 is 8.42 Å². The van der Waals surface area contributed by atoms with E-state index in [4.69, 9.17) is 11.6 Å². The normalized spacial score (nSPS) is 11.9. The molecule has 3 nitrogen and oxygen atoms in total. The number of halogens is 2. The molecule has 0 saturated heterocycles. The Balaban J connectivity index is 2.77. The summed E-state index contributed by atoms with van der Waals surface area (Å²) in [5.74, 6) is 0. The SMILES string of the molecule is CCCCNS(=O)(=O)c1cc(Cl)c(Br)s1. The van der Waals surface area contributed by atoms with E-state index in [1.165, 1.54) is 6.07 Å². The quantitative estimate of drug-likeness (QED) is 0.841. The number of hydrogen-bond donors (Lipinski definition) is 1. The van der Waals surface area contributed by atoms with Gasteiger partial charge >= 0.3 is 0 Å². The van der Waals surface area contributed by atoms with E-state index in [0.717, 1.165) is 24.2 Å². The number of rotatable bonds is 5. The van der Waals surface area contributed by atoms with Gasteiger partial charge in [0, 0.05) is 6.54 Å². The average molecular weight is 333 g/mol. The predicted octanol–water partition coefficient (Wildman–Crippen LogP) is 3.24. The number of hydrogen-bond acceptors (Lipinski definition) is 3. The molecule has 0 aliphatic rings. The highest BCUT2D eigenvalue weighted by Crippen LogP contribution is 2.34. The van der Waals surface area contributed by atoms with Gasteiger partial charge in [0.25, 0.3) is 0 Å². The highest BCUT2D eigenvalue weighted by Gasteiger charge is 2.17. The smallest absolute Gasteiger partial charge is 0.210 e. The van der Waals surface area contributed by atoms with Crippen molar-refractivity contribution in [2.45, 2.75) is 24.0 Å². The fraction of sp³-hybridized carbons (Fsp3) is 0.500. The lowest BCUT2D eigenvalue weighted by molar-refractivity contribution is 0.580. The predicted molar refractivity (Wildman–Crippen MR) is 67.1 cm³/mol. The van der Waals surface area contributed by atoms with Crippen LogP contribution in [0.25, 0.3) is 0 Å². The van der Waals surface area contributed by atoms with Gasteiger partial charge in [0.1, 0.15) is 4.21 Å². The molecule has 0 aliphatic carbocycles. The molecule has 0 amide bonds. The van der Waals surface area contributed by atoms with E-state index in [0.29, 0.717) is 15.4 Å². The van der Waals surface area contributed by atoms with E-state index in [1.54, 1.807) is 0 Å². The highest BCUT2D eigenvalue weighted by molar-refractivity contribution is 9.11. The van der Waals surface area contributed by atoms with Crippen LogP contribution in [0.15, 0.2) is 14.1 Å². The van der Waals surface area contributed by atoms with Gasteiger partial charge in [-0.3, -0.25) is 0 Å². The van der Waals surface area contributed by atoms with Crippen LogP contribution in [0.4, 0.5) is 0 Å². The summed E-state index contributed by atoms with van der Waals surface area (Å²) in [6.07, 6.45) is 1.79. The molecule has 0 saturated carbocycles. The van der Waals surface area contributed by atoms with Crippen molar-refractivity contribution in [3.63, 3.8) is 0 Å². The third kappa shape index (κ3) is 3.71. The second kappa shape index (κ2) is 5.63. The van der Waals surface area contributed by atoms with Gasteiger partial charge in [-0.25, -0.2) is 13.1 Å². The van der Waals surface area contributed by atoms with Crippen molar-refractivity contribution in [3.8, 4) is 0 Å². The summed E-state index contributed by atoms with van der Waals surface area (Å²) in [5.41, 5.74) is 0.